The van der Waals surface area contributed by atoms with E-state index >= 15 is 0 Å². The third-order valence-corrected chi connectivity index (χ3v) is 7.87. The van der Waals surface area contributed by atoms with Crippen LogP contribution in [-0.2, 0) is 14.3 Å². The van der Waals surface area contributed by atoms with E-state index in [9.17, 15) is 14.4 Å². The number of esters is 1. The number of fused-ring (bicyclic) bond motifs is 2. The number of rotatable bonds is 6. The van der Waals surface area contributed by atoms with Crippen molar-refractivity contribution in [2.75, 3.05) is 18.1 Å². The summed E-state index contributed by atoms with van der Waals surface area (Å²) in [6.45, 7) is 6.31. The molecule has 0 saturated heterocycles. The zero-order chi connectivity index (χ0) is 26.3. The fourth-order valence-corrected chi connectivity index (χ4v) is 6.10. The summed E-state index contributed by atoms with van der Waals surface area (Å²) >= 11 is 7.30. The maximum atomic E-state index is 14.1. The number of allylic oxidation sites excluding steroid dienone is 1. The molecule has 0 fully saturated rings. The van der Waals surface area contributed by atoms with Gasteiger partial charge in [0.2, 0.25) is 0 Å². The highest BCUT2D eigenvalue weighted by Gasteiger charge is 2.37. The zero-order valence-electron chi connectivity index (χ0n) is 20.8. The van der Waals surface area contributed by atoms with Gasteiger partial charge in [-0.25, -0.2) is 9.79 Å². The molecule has 2 aliphatic heterocycles. The lowest BCUT2D eigenvalue weighted by Crippen LogP contribution is -2.41. The minimum atomic E-state index is -0.759. The first-order chi connectivity index (χ1) is 17.9. The number of thiazole rings is 1. The van der Waals surface area contributed by atoms with E-state index < -0.39 is 12.0 Å². The van der Waals surface area contributed by atoms with E-state index in [0.29, 0.717) is 37.7 Å². The minimum Gasteiger partial charge on any atom is -0.463 e. The Balaban J connectivity index is 1.78. The Morgan fingerprint density at radius 2 is 1.84 bits per heavy atom. The van der Waals surface area contributed by atoms with Crippen molar-refractivity contribution in [1.82, 2.24) is 4.57 Å². The monoisotopic (exact) mass is 535 g/mol. The Morgan fingerprint density at radius 3 is 2.54 bits per heavy atom. The molecule has 0 saturated carbocycles. The highest BCUT2D eigenvalue weighted by molar-refractivity contribution is 7.07. The van der Waals surface area contributed by atoms with Gasteiger partial charge < -0.3 is 9.64 Å². The molecule has 2 aliphatic rings. The topological polar surface area (TPSA) is 81.0 Å². The summed E-state index contributed by atoms with van der Waals surface area (Å²) in [5.74, 6) is -0.723. The number of carbonyl (C=O) groups is 2. The number of carbonyl (C=O) groups excluding carboxylic acids is 2. The van der Waals surface area contributed by atoms with Gasteiger partial charge in [0.25, 0.3) is 11.5 Å². The second kappa shape index (κ2) is 10.1. The molecular formula is C28H26ClN3O4S. The number of hydrogen-bond acceptors (Lipinski definition) is 6. The van der Waals surface area contributed by atoms with Gasteiger partial charge >= 0.3 is 5.97 Å². The molecule has 0 aliphatic carbocycles. The molecule has 3 aromatic rings. The van der Waals surface area contributed by atoms with Gasteiger partial charge in [-0.3, -0.25) is 14.2 Å². The lowest BCUT2D eigenvalue weighted by molar-refractivity contribution is -0.139. The van der Waals surface area contributed by atoms with Crippen LogP contribution in [0.3, 0.4) is 0 Å². The van der Waals surface area contributed by atoms with Crippen LogP contribution in [0.25, 0.3) is 5.57 Å². The Morgan fingerprint density at radius 1 is 1.11 bits per heavy atom. The second-order valence-corrected chi connectivity index (χ2v) is 10.3. The van der Waals surface area contributed by atoms with E-state index in [1.165, 1.54) is 15.9 Å². The van der Waals surface area contributed by atoms with Gasteiger partial charge in [-0.15, -0.1) is 0 Å². The van der Waals surface area contributed by atoms with Gasteiger partial charge in [-0.05, 0) is 44.0 Å². The van der Waals surface area contributed by atoms with Crippen molar-refractivity contribution in [3.05, 3.63) is 95.6 Å². The second-order valence-electron chi connectivity index (χ2n) is 8.88. The van der Waals surface area contributed by atoms with Crippen LogP contribution < -0.4 is 19.8 Å². The van der Waals surface area contributed by atoms with E-state index in [2.05, 4.69) is 11.9 Å². The Hall–Kier alpha value is -3.49. The molecule has 0 N–H and O–H groups in total. The average Bonchev–Trinajstić information content (AvgIpc) is 3.34. The fraction of sp³-hybridized carbons (Fsp3) is 0.286. The number of anilines is 1. The molecule has 190 valence electrons. The molecule has 3 heterocycles. The predicted octanol–water partition coefficient (Wildman–Crippen LogP) is 3.97. The number of halogens is 1. The summed E-state index contributed by atoms with van der Waals surface area (Å²) in [5.41, 5.74) is 3.01. The number of benzene rings is 2. The van der Waals surface area contributed by atoms with Gasteiger partial charge in [0.05, 0.1) is 35.2 Å². The molecule has 0 bridgehead atoms. The van der Waals surface area contributed by atoms with Gasteiger partial charge in [-0.2, -0.15) is 0 Å². The molecule has 2 aromatic carbocycles. The summed E-state index contributed by atoms with van der Waals surface area (Å²) in [5, 5.41) is 0.539. The predicted molar refractivity (Wildman–Crippen MR) is 144 cm³/mol. The molecule has 1 amide bonds. The Kier molecular flexibility index (Phi) is 6.88. The van der Waals surface area contributed by atoms with E-state index in [1.807, 2.05) is 24.3 Å². The standard InChI is InChI=1S/C28H26ClN3O4S/c1-4-6-15-31-20-10-8-7-9-19(20)22(25(31)33)24-26(34)32-23(17-11-13-18(29)14-12-17)21(27(35)36-5-2)16(3)30-28(32)37-24/h7-14,23H,4-6,15H2,1-3H3/b24-22+/t23-/m1/s1. The largest absolute Gasteiger partial charge is 0.463 e. The van der Waals surface area contributed by atoms with Crippen LogP contribution in [0.4, 0.5) is 5.69 Å². The normalized spacial score (nSPS) is 18.0. The van der Waals surface area contributed by atoms with Gasteiger partial charge in [0.15, 0.2) is 4.80 Å². The van der Waals surface area contributed by atoms with Gasteiger partial charge in [0, 0.05) is 17.1 Å². The van der Waals surface area contributed by atoms with E-state index in [-0.39, 0.29) is 23.6 Å². The van der Waals surface area contributed by atoms with Gasteiger partial charge in [-0.1, -0.05) is 66.6 Å². The molecule has 37 heavy (non-hydrogen) atoms. The third kappa shape index (κ3) is 4.24. The maximum Gasteiger partial charge on any atom is 0.338 e. The lowest BCUT2D eigenvalue weighted by Gasteiger charge is -2.24. The van der Waals surface area contributed by atoms with E-state index in [0.717, 1.165) is 24.1 Å². The van der Waals surface area contributed by atoms with Crippen LogP contribution in [0.2, 0.25) is 5.02 Å². The lowest BCUT2D eigenvalue weighted by atomic mass is 9.96. The average molecular weight is 536 g/mol. The zero-order valence-corrected chi connectivity index (χ0v) is 22.4. The van der Waals surface area contributed by atoms with E-state index in [4.69, 9.17) is 16.3 Å². The smallest absolute Gasteiger partial charge is 0.338 e. The molecule has 1 aromatic heterocycles. The SMILES string of the molecule is CCCCN1C(=O)/C(=c2/sc3n(c2=O)[C@H](c2ccc(Cl)cc2)C(C(=O)OCC)=C(C)N=3)c2ccccc21. The first-order valence-corrected chi connectivity index (χ1v) is 13.5. The van der Waals surface area contributed by atoms with Crippen LogP contribution in [0.15, 0.2) is 69.6 Å². The molecule has 0 spiro atoms. The summed E-state index contributed by atoms with van der Waals surface area (Å²) in [7, 11) is 0. The van der Waals surface area contributed by atoms with E-state index in [1.54, 1.807) is 43.0 Å². The van der Waals surface area contributed by atoms with Gasteiger partial charge in [0.1, 0.15) is 4.53 Å². The molecule has 0 radical (unpaired) electrons. The number of aromatic nitrogens is 1. The van der Waals surface area contributed by atoms with Crippen molar-refractivity contribution >= 4 is 46.1 Å². The van der Waals surface area contributed by atoms with Crippen LogP contribution >= 0.6 is 22.9 Å². The van der Waals surface area contributed by atoms with Crippen molar-refractivity contribution in [2.45, 2.75) is 39.7 Å². The number of para-hydroxylation sites is 1. The van der Waals surface area contributed by atoms with Crippen molar-refractivity contribution in [1.29, 1.82) is 0 Å². The Bertz CT molecular complexity index is 1620. The number of nitrogens with zero attached hydrogens (tertiary/aromatic N) is 3. The van der Waals surface area contributed by atoms with Crippen LogP contribution in [-0.4, -0.2) is 29.6 Å². The molecule has 5 rings (SSSR count). The summed E-state index contributed by atoms with van der Waals surface area (Å²) in [4.78, 5) is 47.6. The molecule has 1 atom stereocenters. The molecule has 9 heteroatoms. The maximum absolute atomic E-state index is 14.1. The quantitative estimate of drug-likeness (QED) is 0.447. The first-order valence-electron chi connectivity index (χ1n) is 12.3. The summed E-state index contributed by atoms with van der Waals surface area (Å²) in [6, 6.07) is 13.8. The minimum absolute atomic E-state index is 0.190. The van der Waals surface area contributed by atoms with Crippen molar-refractivity contribution in [2.24, 2.45) is 4.99 Å². The van der Waals surface area contributed by atoms with Crippen LogP contribution in [0.1, 0.15) is 50.8 Å². The third-order valence-electron chi connectivity index (χ3n) is 6.56. The number of hydrogen-bond donors (Lipinski definition) is 0. The Labute approximate surface area is 223 Å². The molecule has 7 nitrogen and oxygen atoms in total. The first kappa shape index (κ1) is 25.2. The fourth-order valence-electron chi connectivity index (χ4n) is 4.84. The summed E-state index contributed by atoms with van der Waals surface area (Å²) < 4.78 is 7.16. The molecular weight excluding hydrogens is 510 g/mol. The van der Waals surface area contributed by atoms with Crippen LogP contribution in [0, 0.1) is 0 Å². The van der Waals surface area contributed by atoms with Crippen LogP contribution in [0.5, 0.6) is 0 Å². The molecule has 0 unspecified atom stereocenters. The highest BCUT2D eigenvalue weighted by atomic mass is 35.5. The highest BCUT2D eigenvalue weighted by Crippen LogP contribution is 2.36. The number of ether oxygens (including phenoxy) is 1. The van der Waals surface area contributed by atoms with Crippen molar-refractivity contribution < 1.29 is 14.3 Å². The van der Waals surface area contributed by atoms with Crippen molar-refractivity contribution in [3.63, 3.8) is 0 Å². The number of amides is 1. The summed E-state index contributed by atoms with van der Waals surface area (Å²) in [6.07, 6.45) is 1.80. The number of unbranched alkanes of at least 4 members (excludes halogenated alkanes) is 1. The van der Waals surface area contributed by atoms with Crippen molar-refractivity contribution in [3.8, 4) is 0 Å².